The molecule has 8 heteroatoms. The van der Waals surface area contributed by atoms with Crippen LogP contribution in [0, 0.1) is 6.92 Å². The van der Waals surface area contributed by atoms with E-state index in [1.807, 2.05) is 6.92 Å². The number of ketones is 1. The van der Waals surface area contributed by atoms with Crippen LogP contribution in [0.15, 0.2) is 66.2 Å². The Kier molecular flexibility index (Phi) is 6.06. The van der Waals surface area contributed by atoms with E-state index in [1.165, 1.54) is 42.3 Å². The zero-order chi connectivity index (χ0) is 23.9. The van der Waals surface area contributed by atoms with E-state index < -0.39 is 23.5 Å². The fourth-order valence-corrected chi connectivity index (χ4v) is 4.45. The van der Waals surface area contributed by atoms with Gasteiger partial charge in [-0.2, -0.15) is 0 Å². The van der Waals surface area contributed by atoms with Gasteiger partial charge in [-0.1, -0.05) is 47.0 Å². The lowest BCUT2D eigenvalue weighted by molar-refractivity contribution is -0.132. The fourth-order valence-electron chi connectivity index (χ4n) is 3.94. The maximum absolute atomic E-state index is 13.2. The van der Waals surface area contributed by atoms with Crippen molar-refractivity contribution in [1.82, 2.24) is 0 Å². The second-order valence-electron chi connectivity index (χ2n) is 7.60. The number of carbonyl (C=O) groups excluding carboxylic acids is 2. The van der Waals surface area contributed by atoms with Crippen molar-refractivity contribution in [1.29, 1.82) is 0 Å². The number of anilines is 1. The minimum absolute atomic E-state index is 0.0599. The Bertz CT molecular complexity index is 1300. The molecule has 1 aliphatic rings. The summed E-state index contributed by atoms with van der Waals surface area (Å²) >= 11 is 12.3. The van der Waals surface area contributed by atoms with Gasteiger partial charge in [0, 0.05) is 15.7 Å². The molecule has 1 unspecified atom stereocenters. The van der Waals surface area contributed by atoms with Gasteiger partial charge in [0.05, 0.1) is 24.3 Å². The van der Waals surface area contributed by atoms with E-state index in [1.54, 1.807) is 30.3 Å². The molecule has 0 spiro atoms. The van der Waals surface area contributed by atoms with Crippen molar-refractivity contribution >= 4 is 46.3 Å². The van der Waals surface area contributed by atoms with Gasteiger partial charge in [0.25, 0.3) is 11.7 Å². The van der Waals surface area contributed by atoms with E-state index >= 15 is 0 Å². The zero-order valence-electron chi connectivity index (χ0n) is 17.7. The largest absolute Gasteiger partial charge is 0.508 e. The van der Waals surface area contributed by atoms with Crippen molar-refractivity contribution in [3.05, 3.63) is 93.0 Å². The number of Topliss-reactive ketones (excluding diaryl/α,β-unsaturated/α-hetero) is 1. The highest BCUT2D eigenvalue weighted by molar-refractivity contribution is 6.52. The number of ether oxygens (including phenoxy) is 1. The SMILES string of the molecule is COc1ccc(C)cc1/C(O)=C1\C(=O)C(=O)N(c2cc(Cl)cc(Cl)c2)C1c1cccc(O)c1. The summed E-state index contributed by atoms with van der Waals surface area (Å²) in [5.41, 5.74) is 1.63. The normalized spacial score (nSPS) is 17.5. The van der Waals surface area contributed by atoms with Crippen LogP contribution < -0.4 is 9.64 Å². The molecule has 1 heterocycles. The van der Waals surface area contributed by atoms with Gasteiger partial charge in [0.15, 0.2) is 0 Å². The smallest absolute Gasteiger partial charge is 0.300 e. The summed E-state index contributed by atoms with van der Waals surface area (Å²) < 4.78 is 5.37. The first kappa shape index (κ1) is 22.7. The van der Waals surface area contributed by atoms with Crippen LogP contribution in [0.2, 0.25) is 10.0 Å². The van der Waals surface area contributed by atoms with Crippen LogP contribution in [0.5, 0.6) is 11.5 Å². The van der Waals surface area contributed by atoms with Crippen LogP contribution in [0.3, 0.4) is 0 Å². The number of rotatable bonds is 4. The molecule has 0 bridgehead atoms. The number of hydrogen-bond donors (Lipinski definition) is 2. The highest BCUT2D eigenvalue weighted by Gasteiger charge is 2.47. The second kappa shape index (κ2) is 8.81. The van der Waals surface area contributed by atoms with Gasteiger partial charge in [0.1, 0.15) is 17.3 Å². The topological polar surface area (TPSA) is 87.1 Å². The molecule has 4 rings (SSSR count). The van der Waals surface area contributed by atoms with E-state index in [0.717, 1.165) is 5.56 Å². The molecule has 3 aromatic rings. The number of aromatic hydroxyl groups is 1. The third-order valence-corrected chi connectivity index (χ3v) is 5.80. The minimum Gasteiger partial charge on any atom is -0.508 e. The lowest BCUT2D eigenvalue weighted by Crippen LogP contribution is -2.29. The maximum Gasteiger partial charge on any atom is 0.300 e. The molecule has 1 saturated heterocycles. The number of halogens is 2. The summed E-state index contributed by atoms with van der Waals surface area (Å²) in [6.45, 7) is 1.83. The number of aliphatic hydroxyl groups excluding tert-OH is 1. The number of phenolic OH excluding ortho intramolecular Hbond substituents is 1. The molecule has 0 radical (unpaired) electrons. The Morgan fingerprint density at radius 2 is 1.70 bits per heavy atom. The summed E-state index contributed by atoms with van der Waals surface area (Å²) in [6, 6.07) is 14.7. The molecular weight excluding hydrogens is 465 g/mol. The van der Waals surface area contributed by atoms with Gasteiger partial charge < -0.3 is 14.9 Å². The van der Waals surface area contributed by atoms with Crippen LogP contribution in [0.1, 0.15) is 22.7 Å². The Morgan fingerprint density at radius 3 is 2.33 bits per heavy atom. The Labute approximate surface area is 200 Å². The monoisotopic (exact) mass is 483 g/mol. The van der Waals surface area contributed by atoms with Crippen LogP contribution in [-0.4, -0.2) is 29.0 Å². The van der Waals surface area contributed by atoms with Gasteiger partial charge in [-0.15, -0.1) is 0 Å². The summed E-state index contributed by atoms with van der Waals surface area (Å²) in [7, 11) is 1.45. The van der Waals surface area contributed by atoms with E-state index in [0.29, 0.717) is 11.3 Å². The number of aliphatic hydroxyl groups is 1. The number of amides is 1. The van der Waals surface area contributed by atoms with E-state index in [4.69, 9.17) is 27.9 Å². The van der Waals surface area contributed by atoms with Crippen molar-refractivity contribution in [3.8, 4) is 11.5 Å². The number of nitrogens with zero attached hydrogens (tertiary/aromatic N) is 1. The molecule has 1 fully saturated rings. The summed E-state index contributed by atoms with van der Waals surface area (Å²) in [4.78, 5) is 27.7. The first-order valence-electron chi connectivity index (χ1n) is 9.92. The molecule has 6 nitrogen and oxygen atoms in total. The number of carbonyl (C=O) groups is 2. The molecule has 1 aliphatic heterocycles. The molecular formula is C25H19Cl2NO5. The van der Waals surface area contributed by atoms with Crippen molar-refractivity contribution in [2.75, 3.05) is 12.0 Å². The predicted octanol–water partition coefficient (Wildman–Crippen LogP) is 5.64. The Balaban J connectivity index is 2.02. The first-order chi connectivity index (χ1) is 15.7. The zero-order valence-corrected chi connectivity index (χ0v) is 19.2. The van der Waals surface area contributed by atoms with E-state index in [2.05, 4.69) is 0 Å². The number of benzene rings is 3. The molecule has 2 N–H and O–H groups in total. The highest BCUT2D eigenvalue weighted by atomic mass is 35.5. The molecule has 0 aromatic heterocycles. The Hall–Kier alpha value is -3.48. The van der Waals surface area contributed by atoms with E-state index in [9.17, 15) is 19.8 Å². The lowest BCUT2D eigenvalue weighted by atomic mass is 9.94. The molecule has 0 saturated carbocycles. The molecule has 3 aromatic carbocycles. The highest BCUT2D eigenvalue weighted by Crippen LogP contribution is 2.44. The number of hydrogen-bond acceptors (Lipinski definition) is 5. The van der Waals surface area contributed by atoms with Gasteiger partial charge >= 0.3 is 0 Å². The van der Waals surface area contributed by atoms with Crippen LogP contribution in [-0.2, 0) is 9.59 Å². The van der Waals surface area contributed by atoms with E-state index in [-0.39, 0.29) is 32.6 Å². The molecule has 168 valence electrons. The van der Waals surface area contributed by atoms with Gasteiger partial charge in [-0.05, 0) is 55.0 Å². The average Bonchev–Trinajstić information content (AvgIpc) is 3.03. The van der Waals surface area contributed by atoms with Crippen LogP contribution >= 0.6 is 23.2 Å². The van der Waals surface area contributed by atoms with Gasteiger partial charge in [0.2, 0.25) is 0 Å². The minimum atomic E-state index is -1.04. The standard InChI is InChI=1S/C25H19Cl2NO5/c1-13-6-7-20(33-2)19(8-13)23(30)21-22(14-4-3-5-18(29)9-14)28(25(32)24(21)31)17-11-15(26)10-16(27)12-17/h3-12,22,29-30H,1-2H3/b23-21+. The molecule has 1 amide bonds. The number of methoxy groups -OCH3 is 1. The average molecular weight is 484 g/mol. The molecule has 33 heavy (non-hydrogen) atoms. The summed E-state index contributed by atoms with van der Waals surface area (Å²) in [5, 5.41) is 21.9. The van der Waals surface area contributed by atoms with Crippen molar-refractivity contribution in [3.63, 3.8) is 0 Å². The summed E-state index contributed by atoms with van der Waals surface area (Å²) in [5.74, 6) is -1.87. The van der Waals surface area contributed by atoms with Crippen molar-refractivity contribution in [2.24, 2.45) is 0 Å². The maximum atomic E-state index is 13.2. The quantitative estimate of drug-likeness (QED) is 0.284. The van der Waals surface area contributed by atoms with Crippen molar-refractivity contribution < 1.29 is 24.5 Å². The van der Waals surface area contributed by atoms with Gasteiger partial charge in [-0.25, -0.2) is 0 Å². The number of aryl methyl sites for hydroxylation is 1. The predicted molar refractivity (Wildman–Crippen MR) is 127 cm³/mol. The van der Waals surface area contributed by atoms with Crippen molar-refractivity contribution in [2.45, 2.75) is 13.0 Å². The Morgan fingerprint density at radius 1 is 1.00 bits per heavy atom. The lowest BCUT2D eigenvalue weighted by Gasteiger charge is -2.26. The second-order valence-corrected chi connectivity index (χ2v) is 8.47. The third-order valence-electron chi connectivity index (χ3n) is 5.37. The summed E-state index contributed by atoms with van der Waals surface area (Å²) in [6.07, 6.45) is 0. The van der Waals surface area contributed by atoms with Crippen LogP contribution in [0.4, 0.5) is 5.69 Å². The first-order valence-corrected chi connectivity index (χ1v) is 10.7. The van der Waals surface area contributed by atoms with Gasteiger partial charge in [-0.3, -0.25) is 14.5 Å². The molecule has 1 atom stereocenters. The third kappa shape index (κ3) is 4.15. The molecule has 0 aliphatic carbocycles. The van der Waals surface area contributed by atoms with Crippen LogP contribution in [0.25, 0.3) is 5.76 Å². The fraction of sp³-hybridized carbons (Fsp3) is 0.120. The number of phenols is 1.